The number of amides is 1. The monoisotopic (exact) mass is 436 g/mol. The summed E-state index contributed by atoms with van der Waals surface area (Å²) in [5.74, 6) is -0.917. The molecule has 0 saturated heterocycles. The van der Waals surface area contributed by atoms with Crippen molar-refractivity contribution < 1.29 is 13.9 Å². The van der Waals surface area contributed by atoms with E-state index in [0.717, 1.165) is 22.6 Å². The van der Waals surface area contributed by atoms with Crippen molar-refractivity contribution in [2.45, 2.75) is 19.8 Å². The van der Waals surface area contributed by atoms with Crippen LogP contribution in [0.4, 0.5) is 4.39 Å². The van der Waals surface area contributed by atoms with Crippen molar-refractivity contribution in [3.63, 3.8) is 0 Å². The molecule has 32 heavy (non-hydrogen) atoms. The summed E-state index contributed by atoms with van der Waals surface area (Å²) in [5.41, 5.74) is 16.1. The van der Waals surface area contributed by atoms with Crippen molar-refractivity contribution in [1.82, 2.24) is 19.2 Å². The molecule has 4 rings (SSSR count). The van der Waals surface area contributed by atoms with E-state index in [1.165, 1.54) is 6.07 Å². The van der Waals surface area contributed by atoms with E-state index in [9.17, 15) is 9.18 Å². The Hall–Kier alpha value is -3.72. The lowest BCUT2D eigenvalue weighted by atomic mass is 10.1. The van der Waals surface area contributed by atoms with Crippen molar-refractivity contribution in [3.05, 3.63) is 71.2 Å². The summed E-state index contributed by atoms with van der Waals surface area (Å²) in [6, 6.07) is 8.57. The molecule has 0 aliphatic carbocycles. The number of primary amides is 1. The molecule has 166 valence electrons. The summed E-state index contributed by atoms with van der Waals surface area (Å²) in [6.07, 6.45) is 4.75. The molecule has 0 aliphatic rings. The molecule has 0 fully saturated rings. The maximum absolute atomic E-state index is 14.8. The first-order valence-electron chi connectivity index (χ1n) is 10.3. The highest BCUT2D eigenvalue weighted by Crippen LogP contribution is 2.33. The zero-order valence-electron chi connectivity index (χ0n) is 18.0. The van der Waals surface area contributed by atoms with Crippen LogP contribution in [0.3, 0.4) is 0 Å². The van der Waals surface area contributed by atoms with Crippen LogP contribution in [0, 0.1) is 12.7 Å². The number of aromatic nitrogens is 4. The number of ether oxygens (including phenoxy) is 1. The van der Waals surface area contributed by atoms with Gasteiger partial charge >= 0.3 is 0 Å². The quantitative estimate of drug-likeness (QED) is 0.440. The van der Waals surface area contributed by atoms with E-state index in [1.807, 2.05) is 35.7 Å². The standard InChI is InChI=1S/C23H25FN6O2/c1-14-17(21(23(26)31)28-29(14)2)9-11-32-22-18(4-3-5-19(22)24)15-6-7-20-27-12-16(8-10-25)30(20)13-15/h3-7,12-13H,8-11,25H2,1-2H3,(H2,26,31). The van der Waals surface area contributed by atoms with Crippen molar-refractivity contribution in [1.29, 1.82) is 0 Å². The van der Waals surface area contributed by atoms with Crippen LogP contribution in [0.2, 0.25) is 0 Å². The van der Waals surface area contributed by atoms with Gasteiger partial charge < -0.3 is 20.6 Å². The van der Waals surface area contributed by atoms with E-state index in [0.29, 0.717) is 30.5 Å². The number of halogens is 1. The Bertz CT molecular complexity index is 1290. The third-order valence-electron chi connectivity index (χ3n) is 5.55. The molecule has 1 aromatic carbocycles. The first-order valence-corrected chi connectivity index (χ1v) is 10.3. The highest BCUT2D eigenvalue weighted by Gasteiger charge is 2.18. The molecule has 0 spiro atoms. The average Bonchev–Trinajstić information content (AvgIpc) is 3.30. The Morgan fingerprint density at radius 3 is 2.78 bits per heavy atom. The van der Waals surface area contributed by atoms with E-state index < -0.39 is 11.7 Å². The lowest BCUT2D eigenvalue weighted by Gasteiger charge is -2.13. The summed E-state index contributed by atoms with van der Waals surface area (Å²) in [6.45, 7) is 2.52. The van der Waals surface area contributed by atoms with Gasteiger partial charge in [-0.1, -0.05) is 12.1 Å². The molecule has 0 radical (unpaired) electrons. The average molecular weight is 436 g/mol. The maximum atomic E-state index is 14.8. The Morgan fingerprint density at radius 2 is 2.03 bits per heavy atom. The Kier molecular flexibility index (Phi) is 5.91. The van der Waals surface area contributed by atoms with Crippen LogP contribution < -0.4 is 16.2 Å². The predicted octanol–water partition coefficient (Wildman–Crippen LogP) is 2.40. The minimum Gasteiger partial charge on any atom is -0.490 e. The summed E-state index contributed by atoms with van der Waals surface area (Å²) >= 11 is 0. The van der Waals surface area contributed by atoms with Gasteiger partial charge in [-0.05, 0) is 31.7 Å². The van der Waals surface area contributed by atoms with E-state index in [1.54, 1.807) is 24.0 Å². The van der Waals surface area contributed by atoms with Gasteiger partial charge in [0.25, 0.3) is 5.91 Å². The largest absolute Gasteiger partial charge is 0.490 e. The van der Waals surface area contributed by atoms with Crippen molar-refractivity contribution in [3.8, 4) is 16.9 Å². The number of para-hydroxylation sites is 1. The number of benzene rings is 1. The fourth-order valence-corrected chi connectivity index (χ4v) is 3.81. The van der Waals surface area contributed by atoms with Crippen LogP contribution in [0.15, 0.2) is 42.7 Å². The number of carbonyl (C=O) groups is 1. The second-order valence-electron chi connectivity index (χ2n) is 7.55. The van der Waals surface area contributed by atoms with Gasteiger partial charge in [-0.2, -0.15) is 5.10 Å². The number of aryl methyl sites for hydroxylation is 1. The van der Waals surface area contributed by atoms with Crippen LogP contribution in [-0.4, -0.2) is 38.2 Å². The topological polar surface area (TPSA) is 113 Å². The van der Waals surface area contributed by atoms with Gasteiger partial charge in [0.2, 0.25) is 0 Å². The van der Waals surface area contributed by atoms with Crippen LogP contribution in [-0.2, 0) is 19.9 Å². The summed E-state index contributed by atoms with van der Waals surface area (Å²) < 4.78 is 24.2. The normalized spacial score (nSPS) is 11.2. The second kappa shape index (κ2) is 8.80. The van der Waals surface area contributed by atoms with Crippen LogP contribution >= 0.6 is 0 Å². The smallest absolute Gasteiger partial charge is 0.269 e. The van der Waals surface area contributed by atoms with Crippen LogP contribution in [0.5, 0.6) is 5.75 Å². The first kappa shape index (κ1) is 21.5. The molecule has 4 N–H and O–H groups in total. The Morgan fingerprint density at radius 1 is 1.22 bits per heavy atom. The maximum Gasteiger partial charge on any atom is 0.269 e. The van der Waals surface area contributed by atoms with Gasteiger partial charge in [0.1, 0.15) is 5.65 Å². The number of nitrogens with two attached hydrogens (primary N) is 2. The van der Waals surface area contributed by atoms with E-state index >= 15 is 0 Å². The minimum atomic E-state index is -0.600. The van der Waals surface area contributed by atoms with Gasteiger partial charge in [0, 0.05) is 60.4 Å². The number of imidazole rings is 1. The Labute approximate surface area is 184 Å². The number of fused-ring (bicyclic) bond motifs is 1. The van der Waals surface area contributed by atoms with E-state index in [2.05, 4.69) is 10.1 Å². The predicted molar refractivity (Wildman–Crippen MR) is 119 cm³/mol. The molecule has 3 heterocycles. The fourth-order valence-electron chi connectivity index (χ4n) is 3.81. The fraction of sp³-hybridized carbons (Fsp3) is 0.261. The van der Waals surface area contributed by atoms with Gasteiger partial charge in [-0.25, -0.2) is 9.37 Å². The summed E-state index contributed by atoms with van der Waals surface area (Å²) in [7, 11) is 1.74. The molecule has 0 atom stereocenters. The van der Waals surface area contributed by atoms with Crippen molar-refractivity contribution in [2.75, 3.05) is 13.2 Å². The SMILES string of the molecule is Cc1c(CCOc2c(F)cccc2-c2ccc3ncc(CCN)n3c2)c(C(N)=O)nn1C. The number of rotatable bonds is 8. The second-order valence-corrected chi connectivity index (χ2v) is 7.55. The number of hydrogen-bond acceptors (Lipinski definition) is 5. The molecule has 0 bridgehead atoms. The lowest BCUT2D eigenvalue weighted by molar-refractivity contribution is 0.0994. The molecular weight excluding hydrogens is 411 g/mol. The number of nitrogens with zero attached hydrogens (tertiary/aromatic N) is 4. The number of hydrogen-bond donors (Lipinski definition) is 2. The summed E-state index contributed by atoms with van der Waals surface area (Å²) in [5, 5.41) is 4.16. The Balaban J connectivity index is 1.63. The third kappa shape index (κ3) is 3.94. The highest BCUT2D eigenvalue weighted by atomic mass is 19.1. The minimum absolute atomic E-state index is 0.148. The van der Waals surface area contributed by atoms with Crippen LogP contribution in [0.25, 0.3) is 16.8 Å². The van der Waals surface area contributed by atoms with Gasteiger partial charge in [-0.3, -0.25) is 9.48 Å². The zero-order valence-corrected chi connectivity index (χ0v) is 18.0. The molecule has 0 unspecified atom stereocenters. The van der Waals surface area contributed by atoms with Crippen LogP contribution in [0.1, 0.15) is 27.4 Å². The van der Waals surface area contributed by atoms with Gasteiger partial charge in [0.05, 0.1) is 6.61 Å². The van der Waals surface area contributed by atoms with Crippen molar-refractivity contribution in [2.24, 2.45) is 18.5 Å². The molecular formula is C23H25FN6O2. The zero-order chi connectivity index (χ0) is 22.8. The molecule has 4 aromatic rings. The molecule has 1 amide bonds. The third-order valence-corrected chi connectivity index (χ3v) is 5.55. The first-order chi connectivity index (χ1) is 15.4. The highest BCUT2D eigenvalue weighted by molar-refractivity contribution is 5.92. The summed E-state index contributed by atoms with van der Waals surface area (Å²) in [4.78, 5) is 16.1. The number of pyridine rings is 1. The molecule has 0 aliphatic heterocycles. The molecule has 3 aromatic heterocycles. The van der Waals surface area contributed by atoms with Gasteiger partial charge in [0.15, 0.2) is 17.3 Å². The van der Waals surface area contributed by atoms with E-state index in [-0.39, 0.29) is 18.1 Å². The molecule has 9 heteroatoms. The lowest BCUT2D eigenvalue weighted by Crippen LogP contribution is -2.15. The van der Waals surface area contributed by atoms with E-state index in [4.69, 9.17) is 16.2 Å². The van der Waals surface area contributed by atoms with Gasteiger partial charge in [-0.15, -0.1) is 0 Å². The molecule has 0 saturated carbocycles. The van der Waals surface area contributed by atoms with Crippen molar-refractivity contribution >= 4 is 11.6 Å². The number of carbonyl (C=O) groups excluding carboxylic acids is 1. The molecule has 8 nitrogen and oxygen atoms in total.